The van der Waals surface area contributed by atoms with Gasteiger partial charge in [0.2, 0.25) is 5.52 Å². The Morgan fingerprint density at radius 3 is 1.81 bits per heavy atom. The third kappa shape index (κ3) is 5.18. The van der Waals surface area contributed by atoms with Gasteiger partial charge in [-0.3, -0.25) is 19.2 Å². The van der Waals surface area contributed by atoms with E-state index in [2.05, 4.69) is 0 Å². The number of nitrogens with one attached hydrogen (secondary N) is 1. The molecule has 0 amide bonds. The number of carboxylic acids is 1. The molecule has 0 aromatic heterocycles. The highest BCUT2D eigenvalue weighted by Crippen LogP contribution is 2.58. The third-order valence-corrected chi connectivity index (χ3v) is 5.11. The van der Waals surface area contributed by atoms with E-state index >= 15 is 0 Å². The molecular formula is C5H13NO8P2. The van der Waals surface area contributed by atoms with Crippen molar-refractivity contribution in [1.82, 2.24) is 5.32 Å². The molecule has 0 heterocycles. The van der Waals surface area contributed by atoms with Crippen LogP contribution in [0.1, 0.15) is 6.92 Å². The van der Waals surface area contributed by atoms with Crippen LogP contribution < -0.4 is 5.32 Å². The summed E-state index contributed by atoms with van der Waals surface area (Å²) in [4.78, 5) is 45.1. The van der Waals surface area contributed by atoms with Crippen molar-refractivity contribution in [3.63, 3.8) is 0 Å². The lowest BCUT2D eigenvalue weighted by molar-refractivity contribution is -0.140. The van der Waals surface area contributed by atoms with Crippen LogP contribution in [0, 0.1) is 5.92 Å². The van der Waals surface area contributed by atoms with Crippen molar-refractivity contribution in [3.05, 3.63) is 0 Å². The van der Waals surface area contributed by atoms with Gasteiger partial charge < -0.3 is 24.7 Å². The zero-order chi connectivity index (χ0) is 13.1. The smallest absolute Gasteiger partial charge is 0.354 e. The van der Waals surface area contributed by atoms with Gasteiger partial charge in [-0.25, -0.2) is 0 Å². The Bertz CT molecular complexity index is 322. The van der Waals surface area contributed by atoms with Gasteiger partial charge in [0.1, 0.15) is 0 Å². The van der Waals surface area contributed by atoms with Crippen LogP contribution in [0.4, 0.5) is 0 Å². The van der Waals surface area contributed by atoms with E-state index in [0.717, 1.165) is 0 Å². The summed E-state index contributed by atoms with van der Waals surface area (Å²) in [6.45, 7) is 0.766. The van der Waals surface area contributed by atoms with Crippen LogP contribution in [0.15, 0.2) is 0 Å². The van der Waals surface area contributed by atoms with Crippen molar-refractivity contribution in [2.75, 3.05) is 6.54 Å². The SMILES string of the molecule is CC(CNC(P(=O)(O)O)P(=O)(O)O)C(=O)O. The average molecular weight is 277 g/mol. The summed E-state index contributed by atoms with van der Waals surface area (Å²) in [6, 6.07) is 0. The Morgan fingerprint density at radius 2 is 1.56 bits per heavy atom. The number of rotatable bonds is 6. The Balaban J connectivity index is 4.68. The van der Waals surface area contributed by atoms with Gasteiger partial charge in [0.05, 0.1) is 5.92 Å². The van der Waals surface area contributed by atoms with E-state index in [9.17, 15) is 13.9 Å². The van der Waals surface area contributed by atoms with E-state index in [4.69, 9.17) is 24.7 Å². The van der Waals surface area contributed by atoms with E-state index in [1.807, 2.05) is 5.32 Å². The first kappa shape index (κ1) is 15.7. The standard InChI is InChI=1S/C5H13NO8P2/c1-3(4(7)8)2-6-5(15(9,10)11)16(12,13)14/h3,5-6H,2H2,1H3,(H,7,8)(H2,9,10,11)(H2,12,13,14). The van der Waals surface area contributed by atoms with Gasteiger partial charge in [0, 0.05) is 6.54 Å². The summed E-state index contributed by atoms with van der Waals surface area (Å²) in [5, 5.41) is 10.3. The molecule has 0 saturated heterocycles. The minimum atomic E-state index is -5.05. The van der Waals surface area contributed by atoms with Crippen LogP contribution in [-0.2, 0) is 13.9 Å². The Labute approximate surface area is 90.8 Å². The molecule has 0 rings (SSSR count). The predicted octanol–water partition coefficient (Wildman–Crippen LogP) is -1.06. The van der Waals surface area contributed by atoms with E-state index in [1.54, 1.807) is 0 Å². The van der Waals surface area contributed by atoms with Crippen molar-refractivity contribution in [2.24, 2.45) is 5.92 Å². The second kappa shape index (κ2) is 5.37. The summed E-state index contributed by atoms with van der Waals surface area (Å²) in [6.07, 6.45) is 0. The largest absolute Gasteiger partial charge is 0.481 e. The van der Waals surface area contributed by atoms with Crippen molar-refractivity contribution in [1.29, 1.82) is 0 Å². The number of carboxylic acid groups (broad SMARTS) is 1. The lowest BCUT2D eigenvalue weighted by atomic mass is 10.2. The average Bonchev–Trinajstić information content (AvgIpc) is 1.98. The first-order valence-electron chi connectivity index (χ1n) is 4.03. The molecule has 0 saturated carbocycles. The van der Waals surface area contributed by atoms with Gasteiger partial charge >= 0.3 is 21.2 Å². The van der Waals surface area contributed by atoms with Crippen molar-refractivity contribution >= 4 is 21.2 Å². The lowest BCUT2D eigenvalue weighted by Crippen LogP contribution is -2.34. The molecule has 0 aromatic rings. The highest BCUT2D eigenvalue weighted by Gasteiger charge is 2.43. The fourth-order valence-electron chi connectivity index (χ4n) is 0.803. The zero-order valence-electron chi connectivity index (χ0n) is 8.22. The lowest BCUT2D eigenvalue weighted by Gasteiger charge is -2.21. The third-order valence-electron chi connectivity index (χ3n) is 1.67. The minimum Gasteiger partial charge on any atom is -0.481 e. The summed E-state index contributed by atoms with van der Waals surface area (Å²) in [5.74, 6) is -2.27. The molecule has 16 heavy (non-hydrogen) atoms. The molecule has 0 aromatic carbocycles. The molecule has 9 nitrogen and oxygen atoms in total. The van der Waals surface area contributed by atoms with Gasteiger partial charge in [-0.2, -0.15) is 0 Å². The first-order valence-corrected chi connectivity index (χ1v) is 7.39. The fourth-order valence-corrected chi connectivity index (χ4v) is 3.06. The second-order valence-corrected chi connectivity index (χ2v) is 7.00. The first-order chi connectivity index (χ1) is 6.96. The Kier molecular flexibility index (Phi) is 5.28. The van der Waals surface area contributed by atoms with Crippen LogP contribution in [0.5, 0.6) is 0 Å². The van der Waals surface area contributed by atoms with Crippen LogP contribution >= 0.6 is 15.2 Å². The number of carbonyl (C=O) groups is 1. The van der Waals surface area contributed by atoms with Crippen LogP contribution in [0.2, 0.25) is 0 Å². The molecule has 0 aliphatic rings. The second-order valence-electron chi connectivity index (χ2n) is 3.20. The van der Waals surface area contributed by atoms with E-state index in [-0.39, 0.29) is 0 Å². The molecule has 0 radical (unpaired) electrons. The highest BCUT2D eigenvalue weighted by atomic mass is 31.2. The van der Waals surface area contributed by atoms with Crippen molar-refractivity contribution < 1.29 is 38.6 Å². The van der Waals surface area contributed by atoms with Gasteiger partial charge in [-0.15, -0.1) is 0 Å². The maximum absolute atomic E-state index is 10.8. The monoisotopic (exact) mass is 277 g/mol. The summed E-state index contributed by atoms with van der Waals surface area (Å²) in [7, 11) is -10.1. The molecule has 0 aliphatic carbocycles. The van der Waals surface area contributed by atoms with Gasteiger partial charge in [-0.05, 0) is 0 Å². The molecule has 11 heteroatoms. The van der Waals surface area contributed by atoms with E-state index in [0.29, 0.717) is 0 Å². The van der Waals surface area contributed by atoms with Crippen LogP contribution in [0.3, 0.4) is 0 Å². The van der Waals surface area contributed by atoms with Crippen molar-refractivity contribution in [3.8, 4) is 0 Å². The molecule has 1 unspecified atom stereocenters. The molecule has 96 valence electrons. The highest BCUT2D eigenvalue weighted by molar-refractivity contribution is 7.70. The maximum Gasteiger partial charge on any atom is 0.354 e. The molecule has 1 atom stereocenters. The normalized spacial score (nSPS) is 15.1. The summed E-state index contributed by atoms with van der Waals surface area (Å²) < 4.78 is 21.5. The number of hydrogen-bond donors (Lipinski definition) is 6. The van der Waals surface area contributed by atoms with Gasteiger partial charge in [0.15, 0.2) is 0 Å². The van der Waals surface area contributed by atoms with Crippen LogP contribution in [-0.4, -0.2) is 42.7 Å². The summed E-state index contributed by atoms with van der Waals surface area (Å²) in [5.41, 5.74) is -2.37. The Hall–Kier alpha value is -0.270. The fraction of sp³-hybridized carbons (Fsp3) is 0.800. The topological polar surface area (TPSA) is 164 Å². The molecule has 0 aliphatic heterocycles. The van der Waals surface area contributed by atoms with Gasteiger partial charge in [0.25, 0.3) is 0 Å². The molecular weight excluding hydrogens is 264 g/mol. The quantitative estimate of drug-likeness (QED) is 0.332. The zero-order valence-corrected chi connectivity index (χ0v) is 10.0. The number of aliphatic carboxylic acids is 1. The van der Waals surface area contributed by atoms with E-state index < -0.39 is 39.1 Å². The molecule has 6 N–H and O–H groups in total. The number of hydrogen-bond acceptors (Lipinski definition) is 4. The Morgan fingerprint density at radius 1 is 1.19 bits per heavy atom. The summed E-state index contributed by atoms with van der Waals surface area (Å²) >= 11 is 0. The molecule has 0 bridgehead atoms. The molecule has 0 spiro atoms. The van der Waals surface area contributed by atoms with Crippen molar-refractivity contribution in [2.45, 2.75) is 12.4 Å². The van der Waals surface area contributed by atoms with E-state index in [1.165, 1.54) is 6.92 Å². The van der Waals surface area contributed by atoms with Crippen LogP contribution in [0.25, 0.3) is 0 Å². The predicted molar refractivity (Wildman–Crippen MR) is 52.7 cm³/mol. The molecule has 0 fully saturated rings. The minimum absolute atomic E-state index is 0.462. The van der Waals surface area contributed by atoms with Gasteiger partial charge in [-0.1, -0.05) is 6.92 Å². The maximum atomic E-state index is 10.8.